The zero-order valence-corrected chi connectivity index (χ0v) is 24.3. The summed E-state index contributed by atoms with van der Waals surface area (Å²) in [5.41, 5.74) is 9.00. The summed E-state index contributed by atoms with van der Waals surface area (Å²) in [6, 6.07) is 11.5. The van der Waals surface area contributed by atoms with Gasteiger partial charge < -0.3 is 30.9 Å². The lowest BCUT2D eigenvalue weighted by molar-refractivity contribution is -0.362. The van der Waals surface area contributed by atoms with Crippen molar-refractivity contribution in [1.82, 2.24) is 14.7 Å². The van der Waals surface area contributed by atoms with Crippen molar-refractivity contribution in [1.29, 1.82) is 0 Å². The molecule has 2 amide bonds. The van der Waals surface area contributed by atoms with Crippen molar-refractivity contribution in [2.24, 2.45) is 16.6 Å². The quantitative estimate of drug-likeness (QED) is 0.368. The number of H-pyrrole nitrogens is 1. The van der Waals surface area contributed by atoms with E-state index < -0.39 is 5.60 Å². The number of anilines is 1. The first-order chi connectivity index (χ1) is 19.6. The van der Waals surface area contributed by atoms with Gasteiger partial charge in [-0.25, -0.2) is 4.98 Å². The summed E-state index contributed by atoms with van der Waals surface area (Å²) in [5.74, 6) is 0.922. The Labute approximate surface area is 241 Å². The number of aromatic nitrogens is 1. The summed E-state index contributed by atoms with van der Waals surface area (Å²) >= 11 is 0. The molecule has 2 fully saturated rings. The van der Waals surface area contributed by atoms with E-state index in [4.69, 9.17) is 5.73 Å². The van der Waals surface area contributed by atoms with Gasteiger partial charge in [0.25, 0.3) is 5.91 Å². The second kappa shape index (κ2) is 12.0. The van der Waals surface area contributed by atoms with Gasteiger partial charge >= 0.3 is 11.8 Å². The molecule has 3 aliphatic rings. The summed E-state index contributed by atoms with van der Waals surface area (Å²) in [6.45, 7) is 4.96. The average molecular weight is 561 g/mol. The van der Waals surface area contributed by atoms with Crippen LogP contribution in [0.2, 0.25) is 0 Å². The van der Waals surface area contributed by atoms with Crippen LogP contribution in [-0.2, 0) is 4.79 Å². The van der Waals surface area contributed by atoms with E-state index in [9.17, 15) is 14.7 Å². The number of pyridine rings is 1. The smallest absolute Gasteiger partial charge is 0.332 e. The van der Waals surface area contributed by atoms with Crippen molar-refractivity contribution in [2.45, 2.75) is 50.7 Å². The number of amides is 2. The molecule has 0 atom stereocenters. The highest BCUT2D eigenvalue weighted by atomic mass is 16.3. The first kappa shape index (κ1) is 28.8. The van der Waals surface area contributed by atoms with Crippen LogP contribution in [0.1, 0.15) is 54.9 Å². The lowest BCUT2D eigenvalue weighted by Gasteiger charge is -2.42. The molecule has 3 heterocycles. The van der Waals surface area contributed by atoms with Gasteiger partial charge in [0.15, 0.2) is 0 Å². The highest BCUT2D eigenvalue weighted by Gasteiger charge is 2.44. The maximum absolute atomic E-state index is 13.0. The number of hydrogen-bond donors (Lipinski definition) is 3. The maximum Gasteiger partial charge on any atom is 0.332 e. The second-order valence-corrected chi connectivity index (χ2v) is 11.9. The molecule has 1 saturated carbocycles. The number of benzene rings is 1. The van der Waals surface area contributed by atoms with E-state index in [1.54, 1.807) is 13.1 Å². The van der Waals surface area contributed by atoms with Crippen molar-refractivity contribution in [3.63, 3.8) is 0 Å². The molecule has 1 aliphatic carbocycles. The number of nitrogens with two attached hydrogens (primary N) is 1. The number of aromatic amines is 1. The fourth-order valence-corrected chi connectivity index (χ4v) is 6.07. The molecule has 41 heavy (non-hydrogen) atoms. The number of carbonyl (C=O) groups is 2. The summed E-state index contributed by atoms with van der Waals surface area (Å²) in [4.78, 5) is 39.6. The van der Waals surface area contributed by atoms with Gasteiger partial charge in [0.1, 0.15) is 0 Å². The Hall–Kier alpha value is -3.76. The van der Waals surface area contributed by atoms with Gasteiger partial charge in [0, 0.05) is 43.3 Å². The van der Waals surface area contributed by atoms with Crippen LogP contribution < -0.4 is 16.0 Å². The number of rotatable bonds is 6. The van der Waals surface area contributed by atoms with Crippen LogP contribution in [0.4, 0.5) is 11.5 Å². The topological polar surface area (TPSA) is 129 Å². The Balaban J connectivity index is 1.20. The van der Waals surface area contributed by atoms with E-state index in [2.05, 4.69) is 33.3 Å². The van der Waals surface area contributed by atoms with Crippen LogP contribution in [0.15, 0.2) is 53.7 Å². The molecule has 0 bridgehead atoms. The molecule has 218 valence electrons. The van der Waals surface area contributed by atoms with E-state index in [-0.39, 0.29) is 29.7 Å². The van der Waals surface area contributed by atoms with Gasteiger partial charge in [0.05, 0.1) is 17.4 Å². The Kier molecular flexibility index (Phi) is 8.42. The molecular formula is C31H42N7O3+. The molecule has 2 aliphatic heterocycles. The summed E-state index contributed by atoms with van der Waals surface area (Å²) in [7, 11) is 4.00. The van der Waals surface area contributed by atoms with Gasteiger partial charge in [-0.05, 0) is 106 Å². The average Bonchev–Trinajstić information content (AvgIpc) is 2.96. The zero-order valence-electron chi connectivity index (χ0n) is 24.3. The standard InChI is InChI=1S/C31H41N7O3/c1-31(41)19-23(20-31)29(40)38-17-10-21(11-18-38)26-5-4-14-33-27(26)35-30(32)34-24-8-6-22(7-9-24)28(39)37(3)25-12-15-36(2)16-13-25/h4-10,14,23,25,41H,11-13,15-20H2,1-3H3,(H3,32,33,34,35)/p+1. The Morgan fingerprint density at radius 2 is 1.85 bits per heavy atom. The van der Waals surface area contributed by atoms with Crippen molar-refractivity contribution < 1.29 is 19.7 Å². The number of carbonyl (C=O) groups excluding carboxylic acids is 2. The first-order valence-electron chi connectivity index (χ1n) is 14.5. The van der Waals surface area contributed by atoms with Crippen LogP contribution in [0, 0.1) is 5.92 Å². The molecule has 10 nitrogen and oxygen atoms in total. The maximum atomic E-state index is 13.0. The number of guanidine groups is 1. The van der Waals surface area contributed by atoms with Gasteiger partial charge in [-0.2, -0.15) is 0 Å². The number of piperidine rings is 1. The molecule has 2 aromatic rings. The summed E-state index contributed by atoms with van der Waals surface area (Å²) < 4.78 is 0. The number of nitrogens with zero attached hydrogens (tertiary/aromatic N) is 4. The Morgan fingerprint density at radius 1 is 1.15 bits per heavy atom. The molecule has 0 spiro atoms. The first-order valence-corrected chi connectivity index (χ1v) is 14.5. The highest BCUT2D eigenvalue weighted by Crippen LogP contribution is 2.39. The molecule has 10 heteroatoms. The summed E-state index contributed by atoms with van der Waals surface area (Å²) in [5, 5.41) is 13.1. The molecule has 0 radical (unpaired) electrons. The normalized spacial score (nSPS) is 23.9. The van der Waals surface area contributed by atoms with Crippen molar-refractivity contribution in [3.8, 4) is 0 Å². The predicted octanol–water partition coefficient (Wildman–Crippen LogP) is 2.50. The molecular weight excluding hydrogens is 518 g/mol. The minimum Gasteiger partial charge on any atom is -0.390 e. The van der Waals surface area contributed by atoms with Gasteiger partial charge in [0.2, 0.25) is 5.91 Å². The Morgan fingerprint density at radius 3 is 2.49 bits per heavy atom. The fourth-order valence-electron chi connectivity index (χ4n) is 6.07. The number of aliphatic hydroxyl groups is 1. The van der Waals surface area contributed by atoms with Crippen LogP contribution in [0.25, 0.3) is 5.57 Å². The third-order valence-electron chi connectivity index (χ3n) is 8.62. The minimum absolute atomic E-state index is 0.0249. The largest absolute Gasteiger partial charge is 0.390 e. The van der Waals surface area contributed by atoms with Crippen LogP contribution in [-0.4, -0.2) is 89.5 Å². The third kappa shape index (κ3) is 6.77. The molecule has 0 unspecified atom stereocenters. The number of likely N-dealkylation sites (tertiary alicyclic amines) is 1. The molecule has 1 saturated heterocycles. The van der Waals surface area contributed by atoms with Crippen molar-refractivity contribution >= 4 is 34.9 Å². The monoisotopic (exact) mass is 560 g/mol. The third-order valence-corrected chi connectivity index (χ3v) is 8.62. The fraction of sp³-hybridized carbons (Fsp3) is 0.484. The predicted molar refractivity (Wildman–Crippen MR) is 159 cm³/mol. The van der Waals surface area contributed by atoms with E-state index in [1.165, 1.54) is 0 Å². The molecule has 1 aromatic carbocycles. The van der Waals surface area contributed by atoms with E-state index in [1.807, 2.05) is 53.2 Å². The molecule has 5 rings (SSSR count). The highest BCUT2D eigenvalue weighted by molar-refractivity contribution is 5.97. The van der Waals surface area contributed by atoms with Gasteiger partial charge in [-0.1, -0.05) is 6.08 Å². The lowest BCUT2D eigenvalue weighted by Crippen LogP contribution is -2.50. The van der Waals surface area contributed by atoms with Crippen LogP contribution in [0.5, 0.6) is 0 Å². The lowest BCUT2D eigenvalue weighted by atomic mass is 9.71. The van der Waals surface area contributed by atoms with E-state index in [0.29, 0.717) is 43.7 Å². The SMILES string of the molecule is CN1CCC(N(C)C(=O)c2ccc(N/C(N)=N/c3[nH+]cccc3C3=CCN(C(=O)C4CC(C)(O)C4)CC3)cc2)CC1. The summed E-state index contributed by atoms with van der Waals surface area (Å²) in [6.07, 6.45) is 7.63. The van der Waals surface area contributed by atoms with E-state index in [0.717, 1.165) is 42.8 Å². The Bertz CT molecular complexity index is 1320. The second-order valence-electron chi connectivity index (χ2n) is 11.9. The minimum atomic E-state index is -0.708. The van der Waals surface area contributed by atoms with Gasteiger partial charge in [-0.3, -0.25) is 9.59 Å². The van der Waals surface area contributed by atoms with Crippen molar-refractivity contribution in [3.05, 3.63) is 59.8 Å². The van der Waals surface area contributed by atoms with Gasteiger partial charge in [-0.15, -0.1) is 0 Å². The molecule has 1 aromatic heterocycles. The number of hydrogen-bond acceptors (Lipinski definition) is 5. The number of nitrogens with one attached hydrogen (secondary N) is 2. The van der Waals surface area contributed by atoms with E-state index >= 15 is 0 Å². The molecule has 5 N–H and O–H groups in total. The van der Waals surface area contributed by atoms with Crippen molar-refractivity contribution in [2.75, 3.05) is 45.6 Å². The zero-order chi connectivity index (χ0) is 29.1. The van der Waals surface area contributed by atoms with Crippen LogP contribution in [0.3, 0.4) is 0 Å². The number of aliphatic imine (C=N–C) groups is 1. The van der Waals surface area contributed by atoms with Crippen LogP contribution >= 0.6 is 0 Å².